The van der Waals surface area contributed by atoms with Crippen molar-refractivity contribution in [2.24, 2.45) is 4.99 Å². The maximum absolute atomic E-state index is 12.7. The third-order valence-corrected chi connectivity index (χ3v) is 4.79. The Morgan fingerprint density at radius 1 is 1.12 bits per heavy atom. The number of rotatable bonds is 10. The molecule has 0 saturated carbocycles. The van der Waals surface area contributed by atoms with Gasteiger partial charge in [-0.05, 0) is 49.2 Å². The number of aliphatic imine (C=N–C) groups is 1. The first-order valence-electron chi connectivity index (χ1n) is 10.3. The van der Waals surface area contributed by atoms with Crippen LogP contribution in [0.4, 0.5) is 8.78 Å². The molecule has 0 aliphatic heterocycles. The molecule has 2 aromatic carbocycles. The zero-order chi connectivity index (χ0) is 23.5. The lowest BCUT2D eigenvalue weighted by atomic mass is 10.1. The zero-order valence-corrected chi connectivity index (χ0v) is 18.7. The van der Waals surface area contributed by atoms with E-state index in [1.165, 1.54) is 13.2 Å². The Labute approximate surface area is 187 Å². The fourth-order valence-corrected chi connectivity index (χ4v) is 2.85. The van der Waals surface area contributed by atoms with Gasteiger partial charge in [-0.15, -0.1) is 0 Å². The monoisotopic (exact) mass is 448 g/mol. The van der Waals surface area contributed by atoms with Gasteiger partial charge in [0.25, 0.3) is 5.91 Å². The van der Waals surface area contributed by atoms with Gasteiger partial charge in [0, 0.05) is 37.3 Å². The summed E-state index contributed by atoms with van der Waals surface area (Å²) in [5, 5.41) is 9.17. The zero-order valence-electron chi connectivity index (χ0n) is 18.7. The number of benzene rings is 2. The van der Waals surface area contributed by atoms with Crippen LogP contribution in [0.2, 0.25) is 0 Å². The van der Waals surface area contributed by atoms with Crippen LogP contribution in [0.5, 0.6) is 11.5 Å². The molecular formula is C23H30F2N4O3. The third kappa shape index (κ3) is 7.72. The first-order valence-corrected chi connectivity index (χ1v) is 10.3. The smallest absolute Gasteiger partial charge is 0.387 e. The summed E-state index contributed by atoms with van der Waals surface area (Å²) in [6.07, 6.45) is 0.854. The molecule has 3 N–H and O–H groups in total. The van der Waals surface area contributed by atoms with Gasteiger partial charge in [0.1, 0.15) is 11.5 Å². The minimum absolute atomic E-state index is 0.0591. The summed E-state index contributed by atoms with van der Waals surface area (Å²) in [5.74, 6) is 0.932. The molecule has 0 aromatic heterocycles. The molecule has 0 bridgehead atoms. The van der Waals surface area contributed by atoms with E-state index in [9.17, 15) is 13.6 Å². The number of hydrogen-bond acceptors (Lipinski definition) is 4. The van der Waals surface area contributed by atoms with Crippen LogP contribution in [0.25, 0.3) is 0 Å². The summed E-state index contributed by atoms with van der Waals surface area (Å²) >= 11 is 0. The van der Waals surface area contributed by atoms with Gasteiger partial charge in [0.2, 0.25) is 0 Å². The SMILES string of the molecule is CCC(C)NC(=O)c1cccc(CNC(=NC)NCc2cc(OC)ccc2OC(F)F)c1. The highest BCUT2D eigenvalue weighted by atomic mass is 19.3. The van der Waals surface area contributed by atoms with Gasteiger partial charge < -0.3 is 25.4 Å². The standard InChI is InChI=1S/C23H30F2N4O3/c1-5-15(2)29-21(30)17-8-6-7-16(11-17)13-27-23(26-3)28-14-18-12-19(31-4)9-10-20(18)32-22(24)25/h6-12,15,22H,5,13-14H2,1-4H3,(H,29,30)(H2,26,27,28). The molecule has 174 valence electrons. The predicted molar refractivity (Wildman–Crippen MR) is 120 cm³/mol. The maximum atomic E-state index is 12.7. The minimum atomic E-state index is -2.93. The number of halogens is 2. The average Bonchev–Trinajstić information content (AvgIpc) is 2.79. The van der Waals surface area contributed by atoms with Crippen molar-refractivity contribution >= 4 is 11.9 Å². The van der Waals surface area contributed by atoms with E-state index in [0.29, 0.717) is 29.4 Å². The average molecular weight is 449 g/mol. The number of ether oxygens (including phenoxy) is 2. The summed E-state index contributed by atoms with van der Waals surface area (Å²) in [6.45, 7) is 1.65. The van der Waals surface area contributed by atoms with Gasteiger partial charge in [-0.1, -0.05) is 19.1 Å². The van der Waals surface area contributed by atoms with E-state index in [2.05, 4.69) is 25.7 Å². The number of alkyl halides is 2. The Kier molecular flexibility index (Phi) is 9.72. The fourth-order valence-electron chi connectivity index (χ4n) is 2.85. The van der Waals surface area contributed by atoms with E-state index in [-0.39, 0.29) is 24.2 Å². The lowest BCUT2D eigenvalue weighted by Gasteiger charge is -2.16. The second kappa shape index (κ2) is 12.5. The number of nitrogens with zero attached hydrogens (tertiary/aromatic N) is 1. The molecule has 0 aliphatic carbocycles. The molecule has 2 rings (SSSR count). The summed E-state index contributed by atoms with van der Waals surface area (Å²) in [4.78, 5) is 16.5. The highest BCUT2D eigenvalue weighted by molar-refractivity contribution is 5.94. The van der Waals surface area contributed by atoms with Gasteiger partial charge >= 0.3 is 6.61 Å². The Hall–Kier alpha value is -3.36. The second-order valence-corrected chi connectivity index (χ2v) is 7.11. The Morgan fingerprint density at radius 2 is 1.88 bits per heavy atom. The molecule has 0 radical (unpaired) electrons. The van der Waals surface area contributed by atoms with Crippen molar-refractivity contribution in [1.29, 1.82) is 0 Å². The number of carbonyl (C=O) groups excluding carboxylic acids is 1. The van der Waals surface area contributed by atoms with E-state index in [0.717, 1.165) is 12.0 Å². The molecule has 0 saturated heterocycles. The van der Waals surface area contributed by atoms with E-state index < -0.39 is 6.61 Å². The fraction of sp³-hybridized carbons (Fsp3) is 0.391. The van der Waals surface area contributed by atoms with Crippen LogP contribution in [0.3, 0.4) is 0 Å². The highest BCUT2D eigenvalue weighted by Crippen LogP contribution is 2.25. The van der Waals surface area contributed by atoms with Crippen LogP contribution >= 0.6 is 0 Å². The predicted octanol–water partition coefficient (Wildman–Crippen LogP) is 3.69. The molecule has 0 spiro atoms. The molecule has 7 nitrogen and oxygen atoms in total. The summed E-state index contributed by atoms with van der Waals surface area (Å²) < 4.78 is 35.1. The van der Waals surface area contributed by atoms with Crippen LogP contribution in [0.15, 0.2) is 47.5 Å². The molecule has 32 heavy (non-hydrogen) atoms. The van der Waals surface area contributed by atoms with Crippen molar-refractivity contribution in [3.63, 3.8) is 0 Å². The van der Waals surface area contributed by atoms with Gasteiger partial charge in [-0.3, -0.25) is 9.79 Å². The van der Waals surface area contributed by atoms with Gasteiger partial charge in [-0.25, -0.2) is 0 Å². The molecule has 1 amide bonds. The molecule has 0 aliphatic rings. The van der Waals surface area contributed by atoms with Crippen LogP contribution in [0, 0.1) is 0 Å². The lowest BCUT2D eigenvalue weighted by molar-refractivity contribution is -0.0505. The van der Waals surface area contributed by atoms with E-state index in [4.69, 9.17) is 4.74 Å². The quantitative estimate of drug-likeness (QED) is 0.381. The number of nitrogens with one attached hydrogen (secondary N) is 3. The van der Waals surface area contributed by atoms with Crippen molar-refractivity contribution in [2.75, 3.05) is 14.2 Å². The van der Waals surface area contributed by atoms with E-state index in [1.807, 2.05) is 32.0 Å². The number of methoxy groups -OCH3 is 1. The molecule has 0 heterocycles. The second-order valence-electron chi connectivity index (χ2n) is 7.11. The van der Waals surface area contributed by atoms with Crippen molar-refractivity contribution in [3.05, 3.63) is 59.2 Å². The number of carbonyl (C=O) groups is 1. The molecule has 0 fully saturated rings. The Morgan fingerprint density at radius 3 is 2.53 bits per heavy atom. The molecular weight excluding hydrogens is 418 g/mol. The van der Waals surface area contributed by atoms with Gasteiger partial charge in [-0.2, -0.15) is 8.78 Å². The number of amides is 1. The minimum Gasteiger partial charge on any atom is -0.497 e. The van der Waals surface area contributed by atoms with Gasteiger partial charge in [0.15, 0.2) is 5.96 Å². The van der Waals surface area contributed by atoms with Crippen molar-refractivity contribution in [3.8, 4) is 11.5 Å². The largest absolute Gasteiger partial charge is 0.497 e. The lowest BCUT2D eigenvalue weighted by Crippen LogP contribution is -2.36. The van der Waals surface area contributed by atoms with Crippen LogP contribution in [-0.2, 0) is 13.1 Å². The van der Waals surface area contributed by atoms with Crippen LogP contribution in [-0.4, -0.2) is 38.7 Å². The number of guanidine groups is 1. The van der Waals surface area contributed by atoms with E-state index in [1.54, 1.807) is 25.2 Å². The topological polar surface area (TPSA) is 84.0 Å². The molecule has 1 unspecified atom stereocenters. The van der Waals surface area contributed by atoms with Crippen LogP contribution < -0.4 is 25.4 Å². The maximum Gasteiger partial charge on any atom is 0.387 e. The Balaban J connectivity index is 2.00. The summed E-state index contributed by atoms with van der Waals surface area (Å²) in [5.41, 5.74) is 1.97. The first kappa shape index (κ1) is 24.9. The van der Waals surface area contributed by atoms with Crippen molar-refractivity contribution in [1.82, 2.24) is 16.0 Å². The van der Waals surface area contributed by atoms with Crippen molar-refractivity contribution in [2.45, 2.75) is 46.0 Å². The summed E-state index contributed by atoms with van der Waals surface area (Å²) in [7, 11) is 3.10. The molecule has 9 heteroatoms. The van der Waals surface area contributed by atoms with Crippen LogP contribution in [0.1, 0.15) is 41.8 Å². The molecule has 1 atom stereocenters. The summed E-state index contributed by atoms with van der Waals surface area (Å²) in [6, 6.07) is 12.0. The Bertz CT molecular complexity index is 922. The molecule has 2 aromatic rings. The number of hydrogen-bond donors (Lipinski definition) is 3. The van der Waals surface area contributed by atoms with Crippen molar-refractivity contribution < 1.29 is 23.0 Å². The third-order valence-electron chi connectivity index (χ3n) is 4.79. The van der Waals surface area contributed by atoms with Gasteiger partial charge in [0.05, 0.1) is 7.11 Å². The normalized spacial score (nSPS) is 12.3. The highest BCUT2D eigenvalue weighted by Gasteiger charge is 2.12. The van der Waals surface area contributed by atoms with E-state index >= 15 is 0 Å². The first-order chi connectivity index (χ1) is 15.4.